The predicted octanol–water partition coefficient (Wildman–Crippen LogP) is 5.03. The van der Waals surface area contributed by atoms with Crippen molar-refractivity contribution in [3.63, 3.8) is 0 Å². The van der Waals surface area contributed by atoms with Gasteiger partial charge in [-0.25, -0.2) is 4.39 Å². The van der Waals surface area contributed by atoms with Gasteiger partial charge in [0, 0.05) is 41.5 Å². The second-order valence-corrected chi connectivity index (χ2v) is 7.64. The summed E-state index contributed by atoms with van der Waals surface area (Å²) in [5, 5.41) is 4.75. The zero-order chi connectivity index (χ0) is 21.0. The minimum atomic E-state index is -0.702. The van der Waals surface area contributed by atoms with Gasteiger partial charge in [0.2, 0.25) is 0 Å². The van der Waals surface area contributed by atoms with E-state index in [0.717, 1.165) is 0 Å². The van der Waals surface area contributed by atoms with Gasteiger partial charge in [-0.15, -0.1) is 0 Å². The van der Waals surface area contributed by atoms with Crippen molar-refractivity contribution in [2.45, 2.75) is 48.2 Å². The van der Waals surface area contributed by atoms with Crippen LogP contribution in [0, 0.1) is 19.7 Å². The van der Waals surface area contributed by atoms with Crippen LogP contribution in [0.4, 0.5) is 10.1 Å². The van der Waals surface area contributed by atoms with Crippen LogP contribution >= 0.6 is 11.6 Å². The Kier molecular flexibility index (Phi) is 6.81. The van der Waals surface area contributed by atoms with Crippen molar-refractivity contribution in [2.24, 2.45) is 7.05 Å². The highest BCUT2D eigenvalue weighted by molar-refractivity contribution is 6.30. The summed E-state index contributed by atoms with van der Waals surface area (Å²) in [4.78, 5) is 27.2. The molecule has 0 spiro atoms. The fourth-order valence-corrected chi connectivity index (χ4v) is 4.17. The van der Waals surface area contributed by atoms with Crippen molar-refractivity contribution in [3.05, 3.63) is 79.7 Å². The average Bonchev–Trinajstić information content (AvgIpc) is 3.15. The molecular formula is C23H28ClFN4O2. The topological polar surface area (TPSA) is 60.1 Å². The third kappa shape index (κ3) is 3.67. The van der Waals surface area contributed by atoms with E-state index in [4.69, 9.17) is 11.6 Å². The highest BCUT2D eigenvalue weighted by Gasteiger charge is 2.44. The van der Waals surface area contributed by atoms with Gasteiger partial charge in [0.05, 0.1) is 17.4 Å². The molecule has 3 heterocycles. The van der Waals surface area contributed by atoms with Crippen LogP contribution in [0.25, 0.3) is 0 Å². The first kappa shape index (κ1) is 24.3. The number of anilines is 1. The van der Waals surface area contributed by atoms with Crippen LogP contribution in [0.1, 0.15) is 60.7 Å². The molecular weight excluding hydrogens is 419 g/mol. The third-order valence-electron chi connectivity index (χ3n) is 5.31. The van der Waals surface area contributed by atoms with E-state index in [1.54, 1.807) is 43.0 Å². The number of rotatable bonds is 3. The van der Waals surface area contributed by atoms with Crippen molar-refractivity contribution in [2.75, 3.05) is 4.90 Å². The Labute approximate surface area is 186 Å². The number of hydrogen-bond acceptors (Lipinski definition) is 3. The molecule has 1 aliphatic heterocycles. The highest BCUT2D eigenvalue weighted by Crippen LogP contribution is 2.44. The van der Waals surface area contributed by atoms with E-state index in [-0.39, 0.29) is 31.3 Å². The maximum atomic E-state index is 15.0. The van der Waals surface area contributed by atoms with Crippen LogP contribution in [0.15, 0.2) is 35.3 Å². The monoisotopic (exact) mass is 446 g/mol. The Morgan fingerprint density at radius 2 is 1.84 bits per heavy atom. The molecule has 0 N–H and O–H groups in total. The maximum Gasteiger partial charge on any atom is 0.277 e. The van der Waals surface area contributed by atoms with Crippen LogP contribution < -0.4 is 10.5 Å². The summed E-state index contributed by atoms with van der Waals surface area (Å²) in [7, 11) is 1.63. The first-order valence-corrected chi connectivity index (χ1v) is 9.65. The normalized spacial score (nSPS) is 14.8. The third-order valence-corrected chi connectivity index (χ3v) is 5.54. The van der Waals surface area contributed by atoms with E-state index < -0.39 is 11.9 Å². The van der Waals surface area contributed by atoms with Crippen LogP contribution in [0.2, 0.25) is 5.02 Å². The number of nitrogens with zero attached hydrogens (tertiary/aromatic N) is 4. The van der Waals surface area contributed by atoms with Gasteiger partial charge in [-0.2, -0.15) is 5.10 Å². The lowest BCUT2D eigenvalue weighted by Gasteiger charge is -2.27. The largest absolute Gasteiger partial charge is 0.316 e. The van der Waals surface area contributed by atoms with Crippen molar-refractivity contribution in [1.29, 1.82) is 0 Å². The number of carbonyl (C=O) groups excluding carboxylic acids is 1. The van der Waals surface area contributed by atoms with Gasteiger partial charge in [-0.3, -0.25) is 19.2 Å². The van der Waals surface area contributed by atoms with Gasteiger partial charge >= 0.3 is 0 Å². The van der Waals surface area contributed by atoms with Crippen LogP contribution in [0.5, 0.6) is 0 Å². The summed E-state index contributed by atoms with van der Waals surface area (Å²) in [5.41, 5.74) is 2.97. The van der Waals surface area contributed by atoms with Crippen LogP contribution in [-0.2, 0) is 13.6 Å². The molecule has 6 nitrogen and oxygen atoms in total. The van der Waals surface area contributed by atoms with E-state index in [9.17, 15) is 14.0 Å². The maximum absolute atomic E-state index is 15.0. The zero-order valence-electron chi connectivity index (χ0n) is 16.5. The quantitative estimate of drug-likeness (QED) is 0.566. The predicted molar refractivity (Wildman–Crippen MR) is 123 cm³/mol. The number of fused-ring (bicyclic) bond motifs is 1. The standard InChI is InChI=1S/C21H20ClFN4O2.2CH4/c1-5-26-19-17(12(3)24-26)18(15-7-6-13(22)9-16(15)23)27(21(19)29)14-8-11(2)20(28)25(4)10-14;;/h6-10,18H,5H2,1-4H3;2*1H4. The molecule has 4 rings (SSSR count). The first-order chi connectivity index (χ1) is 13.7. The molecule has 2 aromatic heterocycles. The molecule has 1 amide bonds. The molecule has 1 unspecified atom stereocenters. The molecule has 3 aromatic rings. The summed E-state index contributed by atoms with van der Waals surface area (Å²) in [6.07, 6.45) is 1.60. The highest BCUT2D eigenvalue weighted by atomic mass is 35.5. The van der Waals surface area contributed by atoms with E-state index in [2.05, 4.69) is 5.10 Å². The molecule has 0 fully saturated rings. The van der Waals surface area contributed by atoms with Gasteiger partial charge in [0.1, 0.15) is 11.5 Å². The van der Waals surface area contributed by atoms with Crippen molar-refractivity contribution >= 4 is 23.2 Å². The van der Waals surface area contributed by atoms with Gasteiger partial charge in [0.25, 0.3) is 11.5 Å². The summed E-state index contributed by atoms with van der Waals surface area (Å²) < 4.78 is 18.0. The molecule has 166 valence electrons. The number of aromatic nitrogens is 3. The summed E-state index contributed by atoms with van der Waals surface area (Å²) in [6, 6.07) is 5.39. The fraction of sp³-hybridized carbons (Fsp3) is 0.348. The summed E-state index contributed by atoms with van der Waals surface area (Å²) in [5.74, 6) is -0.779. The van der Waals surface area contributed by atoms with Crippen LogP contribution in [-0.4, -0.2) is 20.3 Å². The number of hydrogen-bond donors (Lipinski definition) is 0. The Morgan fingerprint density at radius 1 is 1.16 bits per heavy atom. The van der Waals surface area contributed by atoms with Gasteiger partial charge in [-0.1, -0.05) is 32.5 Å². The number of halogens is 2. The van der Waals surface area contributed by atoms with E-state index in [1.807, 2.05) is 13.8 Å². The van der Waals surface area contributed by atoms with E-state index >= 15 is 0 Å². The number of amides is 1. The van der Waals surface area contributed by atoms with Crippen LogP contribution in [0.3, 0.4) is 0 Å². The molecule has 0 radical (unpaired) electrons. The second-order valence-electron chi connectivity index (χ2n) is 7.20. The average molecular weight is 447 g/mol. The molecule has 1 aliphatic rings. The lowest BCUT2D eigenvalue weighted by atomic mass is 9.98. The van der Waals surface area contributed by atoms with E-state index in [1.165, 1.54) is 15.5 Å². The second kappa shape index (κ2) is 8.67. The molecule has 0 saturated carbocycles. The van der Waals surface area contributed by atoms with E-state index in [0.29, 0.717) is 40.3 Å². The molecule has 1 aromatic carbocycles. The molecule has 8 heteroatoms. The first-order valence-electron chi connectivity index (χ1n) is 9.27. The summed E-state index contributed by atoms with van der Waals surface area (Å²) in [6.45, 7) is 5.92. The Bertz CT molecular complexity index is 1190. The van der Waals surface area contributed by atoms with Gasteiger partial charge in [-0.05, 0) is 39.0 Å². The molecule has 0 aliphatic carbocycles. The minimum Gasteiger partial charge on any atom is -0.316 e. The molecule has 0 saturated heterocycles. The van der Waals surface area contributed by atoms with Crippen molar-refractivity contribution in [1.82, 2.24) is 14.3 Å². The molecule has 0 bridgehead atoms. The Morgan fingerprint density at radius 3 is 2.42 bits per heavy atom. The molecule has 31 heavy (non-hydrogen) atoms. The van der Waals surface area contributed by atoms with Gasteiger partial charge in [0.15, 0.2) is 0 Å². The smallest absolute Gasteiger partial charge is 0.277 e. The van der Waals surface area contributed by atoms with Gasteiger partial charge < -0.3 is 4.57 Å². The van der Waals surface area contributed by atoms with Crippen molar-refractivity contribution in [3.8, 4) is 0 Å². The summed E-state index contributed by atoms with van der Waals surface area (Å²) >= 11 is 5.95. The number of carbonyl (C=O) groups is 1. The lowest BCUT2D eigenvalue weighted by Crippen LogP contribution is -2.32. The zero-order valence-corrected chi connectivity index (χ0v) is 17.3. The number of pyridine rings is 1. The van der Waals surface area contributed by atoms with Crippen molar-refractivity contribution < 1.29 is 9.18 Å². The lowest BCUT2D eigenvalue weighted by molar-refractivity contribution is 0.0983. The molecule has 1 atom stereocenters. The minimum absolute atomic E-state index is 0. The Hall–Kier alpha value is -2.93. The number of benzene rings is 1. The number of aryl methyl sites for hydroxylation is 4. The fourth-order valence-electron chi connectivity index (χ4n) is 4.01. The SMILES string of the molecule is C.C.CCn1nc(C)c2c1C(=O)N(c1cc(C)c(=O)n(C)c1)C2c1ccc(Cl)cc1F. The Balaban J connectivity index is 0.00000171.